The van der Waals surface area contributed by atoms with Gasteiger partial charge in [0.25, 0.3) is 0 Å². The third-order valence-electron chi connectivity index (χ3n) is 1.44. The van der Waals surface area contributed by atoms with Gasteiger partial charge in [-0.15, -0.1) is 18.2 Å². The smallest absolute Gasteiger partial charge is 0.224 e. The maximum Gasteiger partial charge on any atom is 0.224 e. The summed E-state index contributed by atoms with van der Waals surface area (Å²) in [5, 5.41) is 2.84. The highest BCUT2D eigenvalue weighted by Gasteiger charge is 2.04. The minimum atomic E-state index is -0.513. The molecule has 6 heteroatoms. The van der Waals surface area contributed by atoms with Gasteiger partial charge in [0.05, 0.1) is 11.9 Å². The van der Waals surface area contributed by atoms with Crippen LogP contribution in [0.25, 0.3) is 0 Å². The summed E-state index contributed by atoms with van der Waals surface area (Å²) < 4.78 is 13.1. The highest BCUT2D eigenvalue weighted by molar-refractivity contribution is 7.99. The van der Waals surface area contributed by atoms with Gasteiger partial charge in [0.2, 0.25) is 5.28 Å². The zero-order chi connectivity index (χ0) is 11.1. The van der Waals surface area contributed by atoms with E-state index in [1.165, 1.54) is 0 Å². The number of halogens is 2. The molecule has 0 radical (unpaired) electrons. The molecule has 80 valence electrons. The van der Waals surface area contributed by atoms with E-state index in [9.17, 15) is 4.39 Å². The lowest BCUT2D eigenvalue weighted by atomic mass is 10.5. The normalized spacial score (nSPS) is 9.67. The van der Waals surface area contributed by atoms with Crippen LogP contribution in [0.2, 0.25) is 5.28 Å². The predicted octanol–water partition coefficient (Wildman–Crippen LogP) is 2.05. The standard InChI is InChI=1S/C9H9ClFN3S/c1-2-4-15-5-3-12-8-7(11)6-13-9(10)14-8/h1,6H,3-5H2,(H,12,13,14). The van der Waals surface area contributed by atoms with Crippen LogP contribution in [0.4, 0.5) is 10.2 Å². The monoisotopic (exact) mass is 245 g/mol. The van der Waals surface area contributed by atoms with Crippen LogP contribution in [-0.4, -0.2) is 28.0 Å². The second-order valence-electron chi connectivity index (χ2n) is 2.52. The van der Waals surface area contributed by atoms with Crippen LogP contribution in [-0.2, 0) is 0 Å². The number of terminal acetylenes is 1. The van der Waals surface area contributed by atoms with Crippen molar-refractivity contribution in [3.63, 3.8) is 0 Å². The van der Waals surface area contributed by atoms with Crippen molar-refractivity contribution in [2.45, 2.75) is 0 Å². The van der Waals surface area contributed by atoms with Crippen LogP contribution in [0.15, 0.2) is 6.20 Å². The lowest BCUT2D eigenvalue weighted by Crippen LogP contribution is -2.08. The first kappa shape index (κ1) is 12.1. The molecular weight excluding hydrogens is 237 g/mol. The van der Waals surface area contributed by atoms with Crippen LogP contribution >= 0.6 is 23.4 Å². The fraction of sp³-hybridized carbons (Fsp3) is 0.333. The van der Waals surface area contributed by atoms with Crippen molar-refractivity contribution in [1.82, 2.24) is 9.97 Å². The molecule has 0 spiro atoms. The van der Waals surface area contributed by atoms with Crippen molar-refractivity contribution in [1.29, 1.82) is 0 Å². The summed E-state index contributed by atoms with van der Waals surface area (Å²) in [6.07, 6.45) is 6.11. The number of anilines is 1. The SMILES string of the molecule is C#CCSCCNc1nc(Cl)ncc1F. The molecule has 0 saturated heterocycles. The van der Waals surface area contributed by atoms with Crippen molar-refractivity contribution < 1.29 is 4.39 Å². The van der Waals surface area contributed by atoms with Gasteiger partial charge in [-0.3, -0.25) is 0 Å². The molecule has 15 heavy (non-hydrogen) atoms. The number of thioether (sulfide) groups is 1. The molecule has 0 saturated carbocycles. The van der Waals surface area contributed by atoms with Gasteiger partial charge in [-0.05, 0) is 11.6 Å². The van der Waals surface area contributed by atoms with Gasteiger partial charge in [0, 0.05) is 12.3 Å². The Morgan fingerprint density at radius 3 is 3.20 bits per heavy atom. The molecule has 0 aliphatic carbocycles. The Morgan fingerprint density at radius 2 is 2.47 bits per heavy atom. The fourth-order valence-corrected chi connectivity index (χ4v) is 1.48. The molecule has 0 aromatic carbocycles. The lowest BCUT2D eigenvalue weighted by Gasteiger charge is -2.05. The van der Waals surface area contributed by atoms with E-state index in [1.807, 2.05) is 0 Å². The average molecular weight is 246 g/mol. The Labute approximate surface area is 96.8 Å². The first-order valence-corrected chi connectivity index (χ1v) is 5.70. The molecule has 0 unspecified atom stereocenters. The first-order valence-electron chi connectivity index (χ1n) is 4.17. The summed E-state index contributed by atoms with van der Waals surface area (Å²) in [6, 6.07) is 0. The molecule has 3 nitrogen and oxygen atoms in total. The van der Waals surface area contributed by atoms with Crippen LogP contribution in [0.5, 0.6) is 0 Å². The first-order chi connectivity index (χ1) is 7.24. The third kappa shape index (κ3) is 4.36. The van der Waals surface area contributed by atoms with E-state index < -0.39 is 5.82 Å². The van der Waals surface area contributed by atoms with Gasteiger partial charge >= 0.3 is 0 Å². The predicted molar refractivity (Wildman–Crippen MR) is 61.6 cm³/mol. The van der Waals surface area contributed by atoms with Crippen LogP contribution in [0, 0.1) is 18.2 Å². The van der Waals surface area contributed by atoms with Gasteiger partial charge in [0.15, 0.2) is 11.6 Å². The minimum Gasteiger partial charge on any atom is -0.367 e. The summed E-state index contributed by atoms with van der Waals surface area (Å²) in [7, 11) is 0. The van der Waals surface area contributed by atoms with Gasteiger partial charge in [-0.2, -0.15) is 4.98 Å². The maximum atomic E-state index is 13.1. The summed E-state index contributed by atoms with van der Waals surface area (Å²) >= 11 is 7.10. The van der Waals surface area contributed by atoms with E-state index in [2.05, 4.69) is 21.2 Å². The molecule has 0 atom stereocenters. The topological polar surface area (TPSA) is 37.8 Å². The zero-order valence-corrected chi connectivity index (χ0v) is 9.41. The highest BCUT2D eigenvalue weighted by atomic mass is 35.5. The van der Waals surface area contributed by atoms with Crippen molar-refractivity contribution in [2.75, 3.05) is 23.4 Å². The molecule has 0 bridgehead atoms. The molecule has 1 N–H and O–H groups in total. The molecular formula is C9H9ClFN3S. The van der Waals surface area contributed by atoms with Crippen molar-refractivity contribution in [3.05, 3.63) is 17.3 Å². The Bertz CT molecular complexity index is 367. The zero-order valence-electron chi connectivity index (χ0n) is 7.83. The van der Waals surface area contributed by atoms with Gasteiger partial charge < -0.3 is 5.32 Å². The van der Waals surface area contributed by atoms with Gasteiger partial charge in [-0.25, -0.2) is 9.37 Å². The number of aromatic nitrogens is 2. The number of nitrogens with one attached hydrogen (secondary N) is 1. The quantitative estimate of drug-likeness (QED) is 0.490. The highest BCUT2D eigenvalue weighted by Crippen LogP contribution is 2.11. The molecule has 1 aromatic rings. The van der Waals surface area contributed by atoms with Crippen molar-refractivity contribution in [3.8, 4) is 12.3 Å². The number of rotatable bonds is 5. The van der Waals surface area contributed by atoms with E-state index in [4.69, 9.17) is 18.0 Å². The Kier molecular flexibility index (Phi) is 5.22. The number of hydrogen-bond acceptors (Lipinski definition) is 4. The summed E-state index contributed by atoms with van der Waals surface area (Å²) in [6.45, 7) is 0.580. The average Bonchev–Trinajstić information content (AvgIpc) is 2.23. The summed E-state index contributed by atoms with van der Waals surface area (Å²) in [5.41, 5.74) is 0. The van der Waals surface area contributed by atoms with Gasteiger partial charge in [0.1, 0.15) is 0 Å². The number of nitrogens with zero attached hydrogens (tertiary/aromatic N) is 2. The van der Waals surface area contributed by atoms with Crippen LogP contribution in [0.1, 0.15) is 0 Å². The second-order valence-corrected chi connectivity index (χ2v) is 3.96. The molecule has 1 rings (SSSR count). The summed E-state index contributed by atoms with van der Waals surface area (Å²) in [4.78, 5) is 7.21. The molecule has 0 fully saturated rings. The van der Waals surface area contributed by atoms with E-state index in [0.29, 0.717) is 12.3 Å². The van der Waals surface area contributed by atoms with E-state index in [-0.39, 0.29) is 11.1 Å². The van der Waals surface area contributed by atoms with Crippen LogP contribution in [0.3, 0.4) is 0 Å². The number of hydrogen-bond donors (Lipinski definition) is 1. The Balaban J connectivity index is 2.37. The lowest BCUT2D eigenvalue weighted by molar-refractivity contribution is 0.617. The fourth-order valence-electron chi connectivity index (χ4n) is 0.842. The molecule has 0 amide bonds. The molecule has 0 aliphatic rings. The molecule has 1 heterocycles. The third-order valence-corrected chi connectivity index (χ3v) is 2.48. The second kappa shape index (κ2) is 6.49. The molecule has 1 aromatic heterocycles. The summed E-state index contributed by atoms with van der Waals surface area (Å²) in [5.74, 6) is 3.54. The van der Waals surface area contributed by atoms with E-state index in [0.717, 1.165) is 11.9 Å². The van der Waals surface area contributed by atoms with Crippen LogP contribution < -0.4 is 5.32 Å². The maximum absolute atomic E-state index is 13.1. The Morgan fingerprint density at radius 1 is 1.67 bits per heavy atom. The van der Waals surface area contributed by atoms with E-state index >= 15 is 0 Å². The van der Waals surface area contributed by atoms with Crippen molar-refractivity contribution in [2.24, 2.45) is 0 Å². The molecule has 0 aliphatic heterocycles. The van der Waals surface area contributed by atoms with Gasteiger partial charge in [-0.1, -0.05) is 5.92 Å². The van der Waals surface area contributed by atoms with E-state index in [1.54, 1.807) is 11.8 Å². The van der Waals surface area contributed by atoms with Crippen molar-refractivity contribution >= 4 is 29.2 Å². The Hall–Kier alpha value is -0.990. The minimum absolute atomic E-state index is 0.0233. The largest absolute Gasteiger partial charge is 0.367 e.